The van der Waals surface area contributed by atoms with Gasteiger partial charge in [-0.1, -0.05) is 11.6 Å². The van der Waals surface area contributed by atoms with Gasteiger partial charge in [0, 0.05) is 5.02 Å². The maximum atomic E-state index is 13.8. The van der Waals surface area contributed by atoms with E-state index in [2.05, 4.69) is 10.0 Å². The Bertz CT molecular complexity index is 902. The van der Waals surface area contributed by atoms with Crippen LogP contribution in [-0.4, -0.2) is 20.9 Å². The van der Waals surface area contributed by atoms with Gasteiger partial charge in [-0.15, -0.1) is 0 Å². The molecule has 0 aromatic heterocycles. The minimum Gasteiger partial charge on any atom is -0.482 e. The number of sulfonamides is 1. The van der Waals surface area contributed by atoms with E-state index in [0.717, 1.165) is 12.1 Å². The van der Waals surface area contributed by atoms with Crippen LogP contribution < -0.4 is 14.8 Å². The standard InChI is InChI=1S/C14H10ClFN2O4S/c15-8-1-4-13(10(16)5-8)23(20,21)18-9-2-3-12-11(6-9)17-14(19)7-22-12/h1-6,18H,7H2,(H,17,19). The summed E-state index contributed by atoms with van der Waals surface area (Å²) in [6.07, 6.45) is 0. The third kappa shape index (κ3) is 3.22. The molecule has 0 saturated heterocycles. The summed E-state index contributed by atoms with van der Waals surface area (Å²) < 4.78 is 45.7. The van der Waals surface area contributed by atoms with Gasteiger partial charge < -0.3 is 10.1 Å². The zero-order valence-electron chi connectivity index (χ0n) is 11.5. The van der Waals surface area contributed by atoms with Crippen LogP contribution in [0.3, 0.4) is 0 Å². The van der Waals surface area contributed by atoms with E-state index in [1.54, 1.807) is 0 Å². The van der Waals surface area contributed by atoms with Crippen molar-refractivity contribution in [3.63, 3.8) is 0 Å². The molecule has 0 atom stereocenters. The lowest BCUT2D eigenvalue weighted by atomic mass is 10.2. The highest BCUT2D eigenvalue weighted by Gasteiger charge is 2.21. The quantitative estimate of drug-likeness (QED) is 0.885. The van der Waals surface area contributed by atoms with Gasteiger partial charge in [0.1, 0.15) is 16.5 Å². The molecule has 2 aromatic rings. The summed E-state index contributed by atoms with van der Waals surface area (Å²) in [5.74, 6) is -0.883. The van der Waals surface area contributed by atoms with Crippen LogP contribution in [0.25, 0.3) is 0 Å². The maximum Gasteiger partial charge on any atom is 0.264 e. The van der Waals surface area contributed by atoms with Crippen LogP contribution in [0.4, 0.5) is 15.8 Å². The van der Waals surface area contributed by atoms with E-state index in [-0.39, 0.29) is 23.2 Å². The van der Waals surface area contributed by atoms with Crippen LogP contribution >= 0.6 is 11.6 Å². The largest absolute Gasteiger partial charge is 0.482 e. The smallest absolute Gasteiger partial charge is 0.264 e. The number of rotatable bonds is 3. The zero-order valence-corrected chi connectivity index (χ0v) is 13.0. The maximum absolute atomic E-state index is 13.8. The SMILES string of the molecule is O=C1COc2ccc(NS(=O)(=O)c3ccc(Cl)cc3F)cc2N1. The number of amides is 1. The molecule has 0 spiro atoms. The summed E-state index contributed by atoms with van der Waals surface area (Å²) in [4.78, 5) is 10.8. The number of carbonyl (C=O) groups is 1. The van der Waals surface area contributed by atoms with E-state index in [1.165, 1.54) is 24.3 Å². The average molecular weight is 357 g/mol. The summed E-state index contributed by atoms with van der Waals surface area (Å²) in [5.41, 5.74) is 0.488. The Balaban J connectivity index is 1.92. The second kappa shape index (κ2) is 5.71. The van der Waals surface area contributed by atoms with Crippen LogP contribution in [0.2, 0.25) is 5.02 Å². The van der Waals surface area contributed by atoms with Gasteiger partial charge in [0.2, 0.25) is 0 Å². The van der Waals surface area contributed by atoms with Crippen molar-refractivity contribution in [2.24, 2.45) is 0 Å². The Morgan fingerprint density at radius 3 is 2.74 bits per heavy atom. The second-order valence-corrected chi connectivity index (χ2v) is 6.82. The molecule has 0 fully saturated rings. The summed E-state index contributed by atoms with van der Waals surface area (Å²) in [6, 6.07) is 7.60. The van der Waals surface area contributed by atoms with Gasteiger partial charge in [-0.25, -0.2) is 12.8 Å². The Hall–Kier alpha value is -2.32. The second-order valence-electron chi connectivity index (χ2n) is 4.73. The minimum atomic E-state index is -4.14. The third-order valence-electron chi connectivity index (χ3n) is 3.05. The number of fused-ring (bicyclic) bond motifs is 1. The summed E-state index contributed by atoms with van der Waals surface area (Å²) >= 11 is 5.61. The van der Waals surface area contributed by atoms with Crippen LogP contribution in [0.1, 0.15) is 0 Å². The van der Waals surface area contributed by atoms with E-state index in [1.807, 2.05) is 0 Å². The number of carbonyl (C=O) groups excluding carboxylic acids is 1. The molecule has 9 heteroatoms. The lowest BCUT2D eigenvalue weighted by Crippen LogP contribution is -2.25. The first-order chi connectivity index (χ1) is 10.8. The molecule has 1 heterocycles. The van der Waals surface area contributed by atoms with Crippen LogP contribution in [0, 0.1) is 5.82 Å². The van der Waals surface area contributed by atoms with Crippen molar-refractivity contribution >= 4 is 38.9 Å². The van der Waals surface area contributed by atoms with Gasteiger partial charge in [0.15, 0.2) is 6.61 Å². The van der Waals surface area contributed by atoms with E-state index in [9.17, 15) is 17.6 Å². The number of anilines is 2. The predicted octanol–water partition coefficient (Wildman–Crippen LogP) is 2.61. The van der Waals surface area contributed by atoms with Crippen molar-refractivity contribution in [1.29, 1.82) is 0 Å². The molecular formula is C14H10ClFN2O4S. The molecule has 6 nitrogen and oxygen atoms in total. The van der Waals surface area contributed by atoms with Crippen molar-refractivity contribution in [2.75, 3.05) is 16.6 Å². The molecule has 0 aliphatic carbocycles. The minimum absolute atomic E-state index is 0.0927. The van der Waals surface area contributed by atoms with Gasteiger partial charge >= 0.3 is 0 Å². The fourth-order valence-corrected chi connectivity index (χ4v) is 3.32. The molecule has 2 N–H and O–H groups in total. The number of benzene rings is 2. The monoisotopic (exact) mass is 356 g/mol. The van der Waals surface area contributed by atoms with Gasteiger partial charge in [-0.3, -0.25) is 9.52 Å². The molecule has 120 valence electrons. The average Bonchev–Trinajstić information content (AvgIpc) is 2.45. The van der Waals surface area contributed by atoms with Crippen molar-refractivity contribution in [1.82, 2.24) is 0 Å². The highest BCUT2D eigenvalue weighted by atomic mass is 35.5. The van der Waals surface area contributed by atoms with Gasteiger partial charge in [0.25, 0.3) is 15.9 Å². The van der Waals surface area contributed by atoms with Gasteiger partial charge in [-0.2, -0.15) is 0 Å². The Morgan fingerprint density at radius 1 is 1.22 bits per heavy atom. The number of halogens is 2. The molecule has 0 bridgehead atoms. The predicted molar refractivity (Wildman–Crippen MR) is 82.8 cm³/mol. The molecule has 2 aromatic carbocycles. The van der Waals surface area contributed by atoms with Crippen LogP contribution in [0.5, 0.6) is 5.75 Å². The van der Waals surface area contributed by atoms with E-state index in [4.69, 9.17) is 16.3 Å². The first-order valence-corrected chi connectivity index (χ1v) is 8.26. The summed E-state index contributed by atoms with van der Waals surface area (Å²) in [7, 11) is -4.14. The Labute approximate surface area is 136 Å². The van der Waals surface area contributed by atoms with Crippen LogP contribution in [0.15, 0.2) is 41.3 Å². The fraction of sp³-hybridized carbons (Fsp3) is 0.0714. The highest BCUT2D eigenvalue weighted by Crippen LogP contribution is 2.31. The molecule has 0 saturated carbocycles. The number of hydrogen-bond donors (Lipinski definition) is 2. The van der Waals surface area contributed by atoms with E-state index >= 15 is 0 Å². The summed E-state index contributed by atoms with van der Waals surface area (Å²) in [5, 5.41) is 2.65. The number of ether oxygens (including phenoxy) is 1. The van der Waals surface area contributed by atoms with Gasteiger partial charge in [0.05, 0.1) is 11.4 Å². The fourth-order valence-electron chi connectivity index (χ4n) is 2.05. The lowest BCUT2D eigenvalue weighted by Gasteiger charge is -2.19. The number of nitrogens with one attached hydrogen (secondary N) is 2. The molecule has 0 radical (unpaired) electrons. The molecular weight excluding hydrogens is 347 g/mol. The molecule has 3 rings (SSSR count). The highest BCUT2D eigenvalue weighted by molar-refractivity contribution is 7.92. The van der Waals surface area contributed by atoms with Crippen molar-refractivity contribution in [3.05, 3.63) is 47.2 Å². The van der Waals surface area contributed by atoms with Crippen molar-refractivity contribution in [3.8, 4) is 5.75 Å². The molecule has 0 unspecified atom stereocenters. The number of hydrogen-bond acceptors (Lipinski definition) is 4. The van der Waals surface area contributed by atoms with Crippen molar-refractivity contribution < 1.29 is 22.3 Å². The van der Waals surface area contributed by atoms with Crippen molar-refractivity contribution in [2.45, 2.75) is 4.90 Å². The van der Waals surface area contributed by atoms with Gasteiger partial charge in [-0.05, 0) is 36.4 Å². The molecule has 1 aliphatic heterocycles. The third-order valence-corrected chi connectivity index (χ3v) is 4.70. The summed E-state index contributed by atoms with van der Waals surface area (Å²) in [6.45, 7) is -0.103. The lowest BCUT2D eigenvalue weighted by molar-refractivity contribution is -0.118. The topological polar surface area (TPSA) is 84.5 Å². The first-order valence-electron chi connectivity index (χ1n) is 6.40. The normalized spacial score (nSPS) is 13.7. The molecule has 1 amide bonds. The van der Waals surface area contributed by atoms with E-state index < -0.39 is 20.7 Å². The molecule has 1 aliphatic rings. The Kier molecular flexibility index (Phi) is 3.87. The Morgan fingerprint density at radius 2 is 2.00 bits per heavy atom. The molecule has 23 heavy (non-hydrogen) atoms. The van der Waals surface area contributed by atoms with Crippen LogP contribution in [-0.2, 0) is 14.8 Å². The van der Waals surface area contributed by atoms with E-state index in [0.29, 0.717) is 11.4 Å². The zero-order chi connectivity index (χ0) is 16.6. The first kappa shape index (κ1) is 15.6.